The fraction of sp³-hybridized carbons (Fsp3) is 0.379. The Labute approximate surface area is 208 Å². The van der Waals surface area contributed by atoms with Crippen LogP contribution in [0, 0.1) is 0 Å². The Morgan fingerprint density at radius 2 is 1.74 bits per heavy atom. The van der Waals surface area contributed by atoms with Crippen molar-refractivity contribution < 1.29 is 4.74 Å². The lowest BCUT2D eigenvalue weighted by molar-refractivity contribution is 0.105. The summed E-state index contributed by atoms with van der Waals surface area (Å²) in [5.41, 5.74) is 5.15. The molecule has 3 aromatic rings. The van der Waals surface area contributed by atoms with Crippen molar-refractivity contribution in [2.24, 2.45) is 0 Å². The van der Waals surface area contributed by atoms with Gasteiger partial charge in [0.15, 0.2) is 0 Å². The Bertz CT molecular complexity index is 1130. The second-order valence-electron chi connectivity index (χ2n) is 9.73. The average molecular weight is 474 g/mol. The van der Waals surface area contributed by atoms with Gasteiger partial charge in [0, 0.05) is 73.9 Å². The molecule has 0 radical (unpaired) electrons. The van der Waals surface area contributed by atoms with E-state index in [-0.39, 0.29) is 0 Å². The van der Waals surface area contributed by atoms with E-state index in [1.807, 2.05) is 17.4 Å². The molecule has 0 spiro atoms. The molecule has 1 aromatic heterocycles. The van der Waals surface area contributed by atoms with Gasteiger partial charge in [-0.15, -0.1) is 11.3 Å². The van der Waals surface area contributed by atoms with Crippen LogP contribution in [0.25, 0.3) is 5.57 Å². The molecule has 1 saturated heterocycles. The predicted molar refractivity (Wildman–Crippen MR) is 142 cm³/mol. The van der Waals surface area contributed by atoms with E-state index in [0.29, 0.717) is 12.6 Å². The van der Waals surface area contributed by atoms with Gasteiger partial charge in [0.05, 0.1) is 0 Å². The third-order valence-electron chi connectivity index (χ3n) is 6.78. The van der Waals surface area contributed by atoms with Gasteiger partial charge in [-0.3, -0.25) is 9.80 Å². The van der Waals surface area contributed by atoms with Gasteiger partial charge in [-0.1, -0.05) is 42.5 Å². The molecule has 34 heavy (non-hydrogen) atoms. The van der Waals surface area contributed by atoms with Crippen molar-refractivity contribution >= 4 is 16.9 Å². The highest BCUT2D eigenvalue weighted by molar-refractivity contribution is 7.13. The lowest BCUT2D eigenvalue weighted by Gasteiger charge is -2.36. The zero-order valence-electron chi connectivity index (χ0n) is 20.5. The van der Waals surface area contributed by atoms with Crippen molar-refractivity contribution in [3.05, 3.63) is 93.3 Å². The summed E-state index contributed by atoms with van der Waals surface area (Å²) in [6.45, 7) is 11.9. The number of thiophene rings is 1. The molecule has 0 atom stereocenters. The molecule has 2 aliphatic rings. The van der Waals surface area contributed by atoms with Crippen LogP contribution in [0.15, 0.2) is 66.9 Å². The van der Waals surface area contributed by atoms with Gasteiger partial charge in [0.2, 0.25) is 0 Å². The van der Waals surface area contributed by atoms with Gasteiger partial charge >= 0.3 is 0 Å². The van der Waals surface area contributed by atoms with Crippen molar-refractivity contribution in [3.63, 3.8) is 0 Å². The highest BCUT2D eigenvalue weighted by Crippen LogP contribution is 2.38. The molecule has 3 heterocycles. The number of hydrogen-bond acceptors (Lipinski definition) is 5. The van der Waals surface area contributed by atoms with Crippen LogP contribution in [0.3, 0.4) is 0 Å². The van der Waals surface area contributed by atoms with Gasteiger partial charge in [-0.2, -0.15) is 0 Å². The van der Waals surface area contributed by atoms with Crippen molar-refractivity contribution in [2.75, 3.05) is 33.2 Å². The summed E-state index contributed by atoms with van der Waals surface area (Å²) in [6.07, 6.45) is 2.29. The molecule has 178 valence electrons. The van der Waals surface area contributed by atoms with E-state index >= 15 is 0 Å². The third kappa shape index (κ3) is 5.38. The summed E-state index contributed by atoms with van der Waals surface area (Å²) < 4.78 is 6.12. The average Bonchev–Trinajstić information content (AvgIpc) is 3.25. The minimum atomic E-state index is 0.585. The van der Waals surface area contributed by atoms with Crippen LogP contribution in [-0.4, -0.2) is 54.0 Å². The Balaban J connectivity index is 1.31. The number of piperazine rings is 1. The minimum absolute atomic E-state index is 0.585. The molecule has 0 amide bonds. The van der Waals surface area contributed by atoms with Gasteiger partial charge in [0.1, 0.15) is 12.4 Å². The highest BCUT2D eigenvalue weighted by Gasteiger charge is 2.23. The predicted octanol–water partition coefficient (Wildman–Crippen LogP) is 5.69. The molecular formula is C29H35N3OS. The topological polar surface area (TPSA) is 19.0 Å². The lowest BCUT2D eigenvalue weighted by Crippen LogP contribution is -2.48. The van der Waals surface area contributed by atoms with E-state index in [1.54, 1.807) is 0 Å². The summed E-state index contributed by atoms with van der Waals surface area (Å²) in [7, 11) is 2.17. The van der Waals surface area contributed by atoms with Gasteiger partial charge in [0.25, 0.3) is 0 Å². The third-order valence-corrected chi connectivity index (χ3v) is 7.98. The number of nitrogens with zero attached hydrogens (tertiary/aromatic N) is 3. The van der Waals surface area contributed by atoms with Crippen molar-refractivity contribution in [1.82, 2.24) is 14.7 Å². The molecule has 0 unspecified atom stereocenters. The van der Waals surface area contributed by atoms with Crippen LogP contribution in [0.4, 0.5) is 0 Å². The first-order valence-corrected chi connectivity index (χ1v) is 13.1. The number of benzene rings is 2. The largest absolute Gasteiger partial charge is 0.489 e. The maximum atomic E-state index is 6.12. The second-order valence-corrected chi connectivity index (χ2v) is 10.9. The van der Waals surface area contributed by atoms with Crippen LogP contribution in [0.5, 0.6) is 5.75 Å². The summed E-state index contributed by atoms with van der Waals surface area (Å²) in [6, 6.07) is 22.0. The van der Waals surface area contributed by atoms with Crippen molar-refractivity contribution in [2.45, 2.75) is 39.6 Å². The van der Waals surface area contributed by atoms with Crippen LogP contribution in [0.2, 0.25) is 0 Å². The maximum absolute atomic E-state index is 6.12. The summed E-state index contributed by atoms with van der Waals surface area (Å²) in [5, 5.41) is 0. The maximum Gasteiger partial charge on any atom is 0.120 e. The second kappa shape index (κ2) is 10.3. The molecule has 5 heteroatoms. The van der Waals surface area contributed by atoms with Crippen LogP contribution in [-0.2, 0) is 19.7 Å². The fourth-order valence-electron chi connectivity index (χ4n) is 4.86. The first-order valence-electron chi connectivity index (χ1n) is 12.3. The SMILES string of the molecule is CC(C)N1CCN(Cc2cc3c(s2)C(c2cccc(OCc4ccccc4)c2)=CN(C)C3)CC1. The van der Waals surface area contributed by atoms with Crippen LogP contribution < -0.4 is 4.74 Å². The van der Waals surface area contributed by atoms with E-state index in [4.69, 9.17) is 4.74 Å². The molecule has 0 aliphatic carbocycles. The molecule has 0 bridgehead atoms. The summed E-state index contributed by atoms with van der Waals surface area (Å²) in [4.78, 5) is 10.4. The smallest absolute Gasteiger partial charge is 0.120 e. The van der Waals surface area contributed by atoms with Crippen molar-refractivity contribution in [1.29, 1.82) is 0 Å². The molecular weight excluding hydrogens is 438 g/mol. The van der Waals surface area contributed by atoms with E-state index in [2.05, 4.69) is 96.4 Å². The molecule has 2 aromatic carbocycles. The number of hydrogen-bond donors (Lipinski definition) is 0. The standard InChI is InChI=1S/C29H35N3OS/c1-22(2)32-14-12-31(13-15-32)19-27-17-25-18-30(3)20-28(29(25)34-27)24-10-7-11-26(16-24)33-21-23-8-5-4-6-9-23/h4-11,16-17,20,22H,12-15,18-19,21H2,1-3H3. The van der Waals surface area contributed by atoms with Crippen LogP contribution in [0.1, 0.15) is 40.3 Å². The van der Waals surface area contributed by atoms with E-state index in [1.165, 1.54) is 45.1 Å². The van der Waals surface area contributed by atoms with E-state index in [9.17, 15) is 0 Å². The minimum Gasteiger partial charge on any atom is -0.489 e. The van der Waals surface area contributed by atoms with Gasteiger partial charge in [-0.05, 0) is 48.7 Å². The number of rotatable bonds is 7. The molecule has 5 rings (SSSR count). The monoisotopic (exact) mass is 473 g/mol. The normalized spacial score (nSPS) is 17.1. The quantitative estimate of drug-likeness (QED) is 0.439. The molecule has 1 fully saturated rings. The van der Waals surface area contributed by atoms with Gasteiger partial charge < -0.3 is 9.64 Å². The van der Waals surface area contributed by atoms with E-state index in [0.717, 1.165) is 31.9 Å². The Morgan fingerprint density at radius 1 is 0.941 bits per heavy atom. The Hall–Kier alpha value is -2.60. The molecule has 0 saturated carbocycles. The Kier molecular flexibility index (Phi) is 7.05. The molecule has 2 aliphatic heterocycles. The fourth-order valence-corrected chi connectivity index (χ4v) is 6.11. The summed E-state index contributed by atoms with van der Waals surface area (Å²) in [5.74, 6) is 0.914. The number of fused-ring (bicyclic) bond motifs is 1. The Morgan fingerprint density at radius 3 is 2.50 bits per heavy atom. The van der Waals surface area contributed by atoms with Crippen molar-refractivity contribution in [3.8, 4) is 5.75 Å². The van der Waals surface area contributed by atoms with Gasteiger partial charge in [-0.25, -0.2) is 0 Å². The zero-order valence-corrected chi connectivity index (χ0v) is 21.4. The van der Waals surface area contributed by atoms with E-state index < -0.39 is 0 Å². The highest BCUT2D eigenvalue weighted by atomic mass is 32.1. The molecule has 0 N–H and O–H groups in total. The van der Waals surface area contributed by atoms with Crippen LogP contribution >= 0.6 is 11.3 Å². The zero-order chi connectivity index (χ0) is 23.5. The first kappa shape index (κ1) is 23.2. The lowest BCUT2D eigenvalue weighted by atomic mass is 9.99. The first-order chi connectivity index (χ1) is 16.5. The number of ether oxygens (including phenoxy) is 1. The molecule has 4 nitrogen and oxygen atoms in total. The summed E-state index contributed by atoms with van der Waals surface area (Å²) >= 11 is 1.97.